The van der Waals surface area contributed by atoms with Crippen LogP contribution >= 0.6 is 23.2 Å². The van der Waals surface area contributed by atoms with Gasteiger partial charge in [-0.2, -0.15) is 10.1 Å². The standard InChI is InChI=1S/C17H11Cl2N3O3/c1-10-14(8-11-2-4-12(5-3-11)22(24)25)17(23)21(20-10)13-6-7-15(18)16(19)9-13/h2-9H,1H3. The van der Waals surface area contributed by atoms with Crippen LogP contribution in [0.3, 0.4) is 0 Å². The molecule has 0 spiro atoms. The van der Waals surface area contributed by atoms with Gasteiger partial charge in [-0.25, -0.2) is 0 Å². The van der Waals surface area contributed by atoms with Crippen molar-refractivity contribution >= 4 is 52.3 Å². The molecule has 0 bridgehead atoms. The van der Waals surface area contributed by atoms with Crippen molar-refractivity contribution < 1.29 is 9.72 Å². The number of hydrazone groups is 1. The second kappa shape index (κ2) is 6.66. The number of hydrogen-bond acceptors (Lipinski definition) is 4. The minimum atomic E-state index is -0.476. The summed E-state index contributed by atoms with van der Waals surface area (Å²) in [6, 6.07) is 10.7. The Bertz CT molecular complexity index is 937. The van der Waals surface area contributed by atoms with Crippen LogP contribution in [0.1, 0.15) is 12.5 Å². The lowest BCUT2D eigenvalue weighted by molar-refractivity contribution is -0.384. The third-order valence-electron chi connectivity index (χ3n) is 3.63. The molecule has 1 aliphatic heterocycles. The smallest absolute Gasteiger partial charge is 0.267 e. The Balaban J connectivity index is 1.91. The summed E-state index contributed by atoms with van der Waals surface area (Å²) in [4.78, 5) is 22.9. The average Bonchev–Trinajstić information content (AvgIpc) is 2.86. The van der Waals surface area contributed by atoms with Crippen molar-refractivity contribution in [2.75, 3.05) is 5.01 Å². The molecule has 3 rings (SSSR count). The molecule has 0 atom stereocenters. The van der Waals surface area contributed by atoms with E-state index in [4.69, 9.17) is 23.2 Å². The number of halogens is 2. The minimum absolute atomic E-state index is 0.0114. The van der Waals surface area contributed by atoms with Gasteiger partial charge in [0.15, 0.2) is 0 Å². The van der Waals surface area contributed by atoms with E-state index in [-0.39, 0.29) is 11.6 Å². The maximum absolute atomic E-state index is 12.7. The van der Waals surface area contributed by atoms with Crippen LogP contribution < -0.4 is 5.01 Å². The van der Waals surface area contributed by atoms with Gasteiger partial charge in [0, 0.05) is 12.1 Å². The first kappa shape index (κ1) is 17.1. The highest BCUT2D eigenvalue weighted by Crippen LogP contribution is 2.31. The van der Waals surface area contributed by atoms with E-state index in [1.807, 2.05) is 0 Å². The number of amides is 1. The SMILES string of the molecule is CC1=NN(c2ccc(Cl)c(Cl)c2)C(=O)C1=Cc1ccc([N+](=O)[O-])cc1. The summed E-state index contributed by atoms with van der Waals surface area (Å²) in [5, 5.41) is 16.9. The highest BCUT2D eigenvalue weighted by molar-refractivity contribution is 6.42. The van der Waals surface area contributed by atoms with Crippen molar-refractivity contribution in [2.45, 2.75) is 6.92 Å². The van der Waals surface area contributed by atoms with E-state index in [9.17, 15) is 14.9 Å². The average molecular weight is 376 g/mol. The van der Waals surface area contributed by atoms with Crippen molar-refractivity contribution in [3.63, 3.8) is 0 Å². The van der Waals surface area contributed by atoms with E-state index in [0.29, 0.717) is 32.6 Å². The van der Waals surface area contributed by atoms with E-state index in [0.717, 1.165) is 0 Å². The van der Waals surface area contributed by atoms with Crippen molar-refractivity contribution in [3.05, 3.63) is 73.8 Å². The fraction of sp³-hybridized carbons (Fsp3) is 0.0588. The maximum atomic E-state index is 12.7. The number of nitro groups is 1. The van der Waals surface area contributed by atoms with Crippen LogP contribution in [-0.4, -0.2) is 16.5 Å². The van der Waals surface area contributed by atoms with Crippen LogP contribution in [0.5, 0.6) is 0 Å². The van der Waals surface area contributed by atoms with Gasteiger partial charge in [-0.3, -0.25) is 14.9 Å². The Kier molecular flexibility index (Phi) is 4.57. The van der Waals surface area contributed by atoms with Crippen molar-refractivity contribution in [3.8, 4) is 0 Å². The number of carbonyl (C=O) groups excluding carboxylic acids is 1. The molecule has 0 unspecified atom stereocenters. The topological polar surface area (TPSA) is 75.8 Å². The quantitative estimate of drug-likeness (QED) is 0.442. The van der Waals surface area contributed by atoms with Gasteiger partial charge in [0.2, 0.25) is 0 Å². The summed E-state index contributed by atoms with van der Waals surface area (Å²) >= 11 is 11.9. The number of nitro benzene ring substituents is 1. The van der Waals surface area contributed by atoms with Crippen LogP contribution in [0.2, 0.25) is 10.0 Å². The molecule has 1 heterocycles. The zero-order valence-corrected chi connectivity index (χ0v) is 14.5. The van der Waals surface area contributed by atoms with Gasteiger partial charge in [0.1, 0.15) is 0 Å². The van der Waals surface area contributed by atoms with Gasteiger partial charge in [0.25, 0.3) is 11.6 Å². The molecule has 8 heteroatoms. The number of benzene rings is 2. The fourth-order valence-electron chi connectivity index (χ4n) is 2.34. The van der Waals surface area contributed by atoms with Crippen LogP contribution in [0.15, 0.2) is 53.1 Å². The maximum Gasteiger partial charge on any atom is 0.280 e. The number of nitrogens with zero attached hydrogens (tertiary/aromatic N) is 3. The molecule has 25 heavy (non-hydrogen) atoms. The zero-order chi connectivity index (χ0) is 18.1. The first-order valence-electron chi connectivity index (χ1n) is 7.18. The lowest BCUT2D eigenvalue weighted by Gasteiger charge is -2.12. The Labute approximate surface area is 153 Å². The summed E-state index contributed by atoms with van der Waals surface area (Å²) < 4.78 is 0. The Morgan fingerprint density at radius 1 is 1.12 bits per heavy atom. The molecule has 126 valence electrons. The van der Waals surface area contributed by atoms with Crippen LogP contribution in [0.25, 0.3) is 6.08 Å². The fourth-order valence-corrected chi connectivity index (χ4v) is 2.63. The molecular weight excluding hydrogens is 365 g/mol. The number of carbonyl (C=O) groups is 1. The van der Waals surface area contributed by atoms with Gasteiger partial charge >= 0.3 is 0 Å². The molecule has 2 aromatic rings. The molecule has 0 N–H and O–H groups in total. The second-order valence-electron chi connectivity index (χ2n) is 5.31. The predicted molar refractivity (Wildman–Crippen MR) is 98.1 cm³/mol. The first-order chi connectivity index (χ1) is 11.9. The number of non-ortho nitro benzene ring substituents is 1. The van der Waals surface area contributed by atoms with Crippen molar-refractivity contribution in [2.24, 2.45) is 5.10 Å². The molecule has 0 radical (unpaired) electrons. The zero-order valence-electron chi connectivity index (χ0n) is 12.9. The third kappa shape index (κ3) is 3.40. The molecule has 2 aromatic carbocycles. The summed E-state index contributed by atoms with van der Waals surface area (Å²) in [5.41, 5.74) is 2.10. The Morgan fingerprint density at radius 3 is 2.40 bits per heavy atom. The lowest BCUT2D eigenvalue weighted by atomic mass is 10.1. The lowest BCUT2D eigenvalue weighted by Crippen LogP contribution is -2.21. The normalized spacial score (nSPS) is 15.6. The van der Waals surface area contributed by atoms with Gasteiger partial charge < -0.3 is 0 Å². The number of rotatable bonds is 3. The van der Waals surface area contributed by atoms with E-state index < -0.39 is 4.92 Å². The van der Waals surface area contributed by atoms with Crippen LogP contribution in [-0.2, 0) is 4.79 Å². The monoisotopic (exact) mass is 375 g/mol. The largest absolute Gasteiger partial charge is 0.280 e. The van der Waals surface area contributed by atoms with E-state index >= 15 is 0 Å². The van der Waals surface area contributed by atoms with Crippen molar-refractivity contribution in [1.29, 1.82) is 0 Å². The Hall–Kier alpha value is -2.70. The summed E-state index contributed by atoms with van der Waals surface area (Å²) in [6.45, 7) is 1.71. The van der Waals surface area contributed by atoms with E-state index in [2.05, 4.69) is 5.10 Å². The van der Waals surface area contributed by atoms with Crippen molar-refractivity contribution in [1.82, 2.24) is 0 Å². The molecule has 0 saturated carbocycles. The molecule has 0 fully saturated rings. The number of anilines is 1. The molecule has 0 saturated heterocycles. The van der Waals surface area contributed by atoms with E-state index in [1.165, 1.54) is 17.1 Å². The summed E-state index contributed by atoms with van der Waals surface area (Å²) in [5.74, 6) is -0.311. The summed E-state index contributed by atoms with van der Waals surface area (Å²) in [6.07, 6.45) is 1.64. The number of hydrogen-bond donors (Lipinski definition) is 0. The predicted octanol–water partition coefficient (Wildman–Crippen LogP) is 4.71. The minimum Gasteiger partial charge on any atom is -0.267 e. The molecular formula is C17H11Cl2N3O3. The highest BCUT2D eigenvalue weighted by atomic mass is 35.5. The molecule has 0 aliphatic carbocycles. The van der Waals surface area contributed by atoms with Gasteiger partial charge in [-0.15, -0.1) is 0 Å². The van der Waals surface area contributed by atoms with Crippen LogP contribution in [0.4, 0.5) is 11.4 Å². The second-order valence-corrected chi connectivity index (χ2v) is 6.12. The third-order valence-corrected chi connectivity index (χ3v) is 4.36. The first-order valence-corrected chi connectivity index (χ1v) is 7.93. The summed E-state index contributed by atoms with van der Waals surface area (Å²) in [7, 11) is 0. The van der Waals surface area contributed by atoms with Gasteiger partial charge in [-0.05, 0) is 48.9 Å². The van der Waals surface area contributed by atoms with Gasteiger partial charge in [-0.1, -0.05) is 23.2 Å². The highest BCUT2D eigenvalue weighted by Gasteiger charge is 2.29. The molecule has 1 amide bonds. The van der Waals surface area contributed by atoms with Crippen LogP contribution in [0, 0.1) is 10.1 Å². The van der Waals surface area contributed by atoms with E-state index in [1.54, 1.807) is 43.3 Å². The molecule has 0 aromatic heterocycles. The van der Waals surface area contributed by atoms with Gasteiger partial charge in [0.05, 0.1) is 31.9 Å². The molecule has 6 nitrogen and oxygen atoms in total. The molecule has 1 aliphatic rings. The Morgan fingerprint density at radius 2 is 1.80 bits per heavy atom.